The summed E-state index contributed by atoms with van der Waals surface area (Å²) < 4.78 is 3.27. The van der Waals surface area contributed by atoms with E-state index in [1.54, 1.807) is 33.8 Å². The maximum Gasteiger partial charge on any atom is 0.407 e. The fraction of sp³-hybridized carbons (Fsp3) is 0.182. The van der Waals surface area contributed by atoms with E-state index >= 15 is 0 Å². The number of likely N-dealkylation sites (tertiary alicyclic amines) is 1. The molecule has 5 rings (SSSR count). The van der Waals surface area contributed by atoms with Crippen LogP contribution in [0, 0.1) is 0 Å². The van der Waals surface area contributed by atoms with Gasteiger partial charge in [-0.15, -0.1) is 0 Å². The number of amides is 1. The Labute approximate surface area is 171 Å². The highest BCUT2D eigenvalue weighted by atomic mass is 16.4. The Morgan fingerprint density at radius 2 is 1.73 bits per heavy atom. The fourth-order valence-electron chi connectivity index (χ4n) is 4.10. The average molecular weight is 401 g/mol. The van der Waals surface area contributed by atoms with Gasteiger partial charge in [0.2, 0.25) is 0 Å². The van der Waals surface area contributed by atoms with Crippen molar-refractivity contribution in [2.75, 3.05) is 13.1 Å². The van der Waals surface area contributed by atoms with Gasteiger partial charge in [-0.25, -0.2) is 14.6 Å². The van der Waals surface area contributed by atoms with E-state index in [4.69, 9.17) is 0 Å². The second-order valence-electron chi connectivity index (χ2n) is 7.29. The number of aromatic nitrogens is 4. The zero-order valence-corrected chi connectivity index (χ0v) is 16.0. The van der Waals surface area contributed by atoms with E-state index in [-0.39, 0.29) is 18.3 Å². The van der Waals surface area contributed by atoms with E-state index < -0.39 is 6.09 Å². The number of rotatable bonds is 3. The Morgan fingerprint density at radius 1 is 1.00 bits per heavy atom. The molecular formula is C22H19N5O3. The van der Waals surface area contributed by atoms with Gasteiger partial charge in [-0.1, -0.05) is 12.1 Å². The lowest BCUT2D eigenvalue weighted by molar-refractivity contribution is 0.154. The maximum absolute atomic E-state index is 13.4. The Bertz CT molecular complexity index is 1280. The summed E-state index contributed by atoms with van der Waals surface area (Å²) in [6.45, 7) is 0.693. The van der Waals surface area contributed by atoms with Gasteiger partial charge >= 0.3 is 11.8 Å². The summed E-state index contributed by atoms with van der Waals surface area (Å²) in [5, 5.41) is 9.28. The molecular weight excluding hydrogens is 382 g/mol. The highest BCUT2D eigenvalue weighted by Crippen LogP contribution is 2.26. The normalized spacial score (nSPS) is 16.3. The van der Waals surface area contributed by atoms with Crippen molar-refractivity contribution in [1.82, 2.24) is 24.0 Å². The number of carbonyl (C=O) groups is 1. The number of imidazole rings is 1. The summed E-state index contributed by atoms with van der Waals surface area (Å²) in [4.78, 5) is 34.6. The van der Waals surface area contributed by atoms with Crippen molar-refractivity contribution in [2.45, 2.75) is 12.5 Å². The van der Waals surface area contributed by atoms with Crippen molar-refractivity contribution < 1.29 is 9.90 Å². The van der Waals surface area contributed by atoms with Crippen molar-refractivity contribution >= 4 is 17.3 Å². The van der Waals surface area contributed by atoms with Gasteiger partial charge in [0.15, 0.2) is 5.65 Å². The van der Waals surface area contributed by atoms with Crippen LogP contribution in [0.3, 0.4) is 0 Å². The highest BCUT2D eigenvalue weighted by molar-refractivity contribution is 5.75. The summed E-state index contributed by atoms with van der Waals surface area (Å²) in [6, 6.07) is 15.1. The number of carboxylic acid groups (broad SMARTS) is 1. The quantitative estimate of drug-likeness (QED) is 0.569. The summed E-state index contributed by atoms with van der Waals surface area (Å²) in [6.07, 6.45) is 4.76. The monoisotopic (exact) mass is 401 g/mol. The minimum Gasteiger partial charge on any atom is -0.465 e. The number of hydrogen-bond acceptors (Lipinski definition) is 4. The van der Waals surface area contributed by atoms with Crippen molar-refractivity contribution in [3.8, 4) is 16.8 Å². The van der Waals surface area contributed by atoms with Crippen LogP contribution in [-0.4, -0.2) is 48.3 Å². The van der Waals surface area contributed by atoms with Gasteiger partial charge in [0.1, 0.15) is 0 Å². The highest BCUT2D eigenvalue weighted by Gasteiger charge is 2.31. The Hall–Kier alpha value is -3.94. The lowest BCUT2D eigenvalue weighted by atomic mass is 10.1. The molecule has 30 heavy (non-hydrogen) atoms. The minimum atomic E-state index is -0.964. The molecule has 8 nitrogen and oxygen atoms in total. The number of hydrogen-bond donors (Lipinski definition) is 1. The van der Waals surface area contributed by atoms with Crippen LogP contribution in [-0.2, 0) is 0 Å². The second-order valence-corrected chi connectivity index (χ2v) is 7.29. The van der Waals surface area contributed by atoms with E-state index in [2.05, 4.69) is 9.97 Å². The van der Waals surface area contributed by atoms with Crippen LogP contribution in [0.15, 0.2) is 71.9 Å². The van der Waals surface area contributed by atoms with Gasteiger partial charge in [-0.3, -0.25) is 14.1 Å². The van der Waals surface area contributed by atoms with E-state index in [1.807, 2.05) is 42.5 Å². The molecule has 150 valence electrons. The van der Waals surface area contributed by atoms with Crippen LogP contribution in [0.25, 0.3) is 28.0 Å². The summed E-state index contributed by atoms with van der Waals surface area (Å²) >= 11 is 0. The zero-order chi connectivity index (χ0) is 20.7. The number of benzene rings is 1. The third-order valence-electron chi connectivity index (χ3n) is 5.57. The van der Waals surface area contributed by atoms with Gasteiger partial charge in [-0.2, -0.15) is 0 Å². The molecule has 1 N–H and O–H groups in total. The van der Waals surface area contributed by atoms with Crippen LogP contribution >= 0.6 is 0 Å². The predicted octanol–water partition coefficient (Wildman–Crippen LogP) is 3.17. The molecule has 1 saturated heterocycles. The molecule has 1 fully saturated rings. The number of fused-ring (bicyclic) bond motifs is 1. The molecule has 1 atom stereocenters. The van der Waals surface area contributed by atoms with E-state index in [0.717, 1.165) is 16.8 Å². The third-order valence-corrected chi connectivity index (χ3v) is 5.57. The number of nitrogens with zero attached hydrogens (tertiary/aromatic N) is 5. The van der Waals surface area contributed by atoms with Crippen molar-refractivity contribution in [2.24, 2.45) is 0 Å². The summed E-state index contributed by atoms with van der Waals surface area (Å²) in [7, 11) is 0. The van der Waals surface area contributed by atoms with E-state index in [9.17, 15) is 14.7 Å². The molecule has 0 bridgehead atoms. The molecule has 3 aromatic heterocycles. The lowest BCUT2D eigenvalue weighted by Gasteiger charge is -2.13. The van der Waals surface area contributed by atoms with Gasteiger partial charge in [0, 0.05) is 31.7 Å². The molecule has 0 aliphatic carbocycles. The van der Waals surface area contributed by atoms with Crippen molar-refractivity contribution in [3.05, 3.63) is 77.6 Å². The van der Waals surface area contributed by atoms with Crippen LogP contribution in [0.1, 0.15) is 12.5 Å². The summed E-state index contributed by atoms with van der Waals surface area (Å²) in [5.74, 6) is 0. The maximum atomic E-state index is 13.4. The molecule has 1 aromatic carbocycles. The number of pyridine rings is 2. The molecule has 0 saturated carbocycles. The Morgan fingerprint density at radius 3 is 2.43 bits per heavy atom. The molecule has 0 radical (unpaired) electrons. The third kappa shape index (κ3) is 2.93. The molecule has 1 aliphatic rings. The first-order chi connectivity index (χ1) is 14.6. The molecule has 1 amide bonds. The minimum absolute atomic E-state index is 0.211. The first kappa shape index (κ1) is 18.1. The Balaban J connectivity index is 1.60. The van der Waals surface area contributed by atoms with Crippen molar-refractivity contribution in [3.63, 3.8) is 0 Å². The largest absolute Gasteiger partial charge is 0.465 e. The topological polar surface area (TPSA) is 93.2 Å². The SMILES string of the molecule is O=C(O)N1CC[C@H](n2c(=O)n(-c3ccc(-c4ccncc4)cc3)c3cccnc32)C1. The van der Waals surface area contributed by atoms with Crippen LogP contribution in [0.4, 0.5) is 4.79 Å². The van der Waals surface area contributed by atoms with Gasteiger partial charge < -0.3 is 10.0 Å². The van der Waals surface area contributed by atoms with E-state index in [0.29, 0.717) is 24.1 Å². The smallest absolute Gasteiger partial charge is 0.407 e. The standard InChI is InChI=1S/C22H19N5O3/c28-21-26(17-5-3-15(4-6-17)16-7-11-23-12-8-16)19-2-1-10-24-20(19)27(21)18-9-13-25(14-18)22(29)30/h1-8,10-12,18H,9,13-14H2,(H,29,30)/t18-/m0/s1. The zero-order valence-electron chi connectivity index (χ0n) is 16.0. The molecule has 4 heterocycles. The molecule has 4 aromatic rings. The van der Waals surface area contributed by atoms with E-state index in [1.165, 1.54) is 4.90 Å². The Kier molecular flexibility index (Phi) is 4.31. The van der Waals surface area contributed by atoms with Crippen LogP contribution in [0.5, 0.6) is 0 Å². The van der Waals surface area contributed by atoms with Gasteiger partial charge in [0.05, 0.1) is 17.2 Å². The molecule has 1 aliphatic heterocycles. The average Bonchev–Trinajstić information content (AvgIpc) is 3.37. The predicted molar refractivity (Wildman–Crippen MR) is 112 cm³/mol. The van der Waals surface area contributed by atoms with Crippen LogP contribution < -0.4 is 5.69 Å². The first-order valence-corrected chi connectivity index (χ1v) is 9.70. The molecule has 8 heteroatoms. The first-order valence-electron chi connectivity index (χ1n) is 9.70. The van der Waals surface area contributed by atoms with Gasteiger partial charge in [0.25, 0.3) is 0 Å². The van der Waals surface area contributed by atoms with Crippen molar-refractivity contribution in [1.29, 1.82) is 0 Å². The van der Waals surface area contributed by atoms with Crippen LogP contribution in [0.2, 0.25) is 0 Å². The molecule has 0 spiro atoms. The lowest BCUT2D eigenvalue weighted by Crippen LogP contribution is -2.31. The fourth-order valence-corrected chi connectivity index (χ4v) is 4.10. The summed E-state index contributed by atoms with van der Waals surface area (Å²) in [5.41, 5.74) is 3.88. The second kappa shape index (κ2) is 7.14. The molecule has 0 unspecified atom stereocenters. The van der Waals surface area contributed by atoms with Gasteiger partial charge in [-0.05, 0) is 53.9 Å².